The molecule has 0 N–H and O–H groups in total. The lowest BCUT2D eigenvalue weighted by atomic mass is 10.2. The molecule has 1 aromatic carbocycles. The normalized spacial score (nSPS) is 11.4. The zero-order valence-electron chi connectivity index (χ0n) is 9.59. The molecule has 0 aliphatic carbocycles. The van der Waals surface area contributed by atoms with Crippen LogP contribution in [0.5, 0.6) is 11.5 Å². The van der Waals surface area contributed by atoms with Gasteiger partial charge in [0.05, 0.1) is 13.7 Å². The van der Waals surface area contributed by atoms with Crippen LogP contribution in [-0.2, 0) is 10.1 Å². The highest BCUT2D eigenvalue weighted by molar-refractivity contribution is 9.08. The first-order valence-corrected chi connectivity index (χ1v) is 6.15. The Morgan fingerprint density at radius 3 is 2.50 bits per heavy atom. The van der Waals surface area contributed by atoms with Crippen LogP contribution in [0.25, 0.3) is 0 Å². The minimum atomic E-state index is -4.64. The second-order valence-electron chi connectivity index (χ2n) is 3.22. The molecule has 1 rings (SSSR count). The van der Waals surface area contributed by atoms with Crippen LogP contribution in [0.2, 0.25) is 0 Å². The molecule has 0 atom stereocenters. The van der Waals surface area contributed by atoms with Gasteiger partial charge in [-0.3, -0.25) is 4.74 Å². The molecule has 0 saturated carbocycles. The number of hydrogen-bond acceptors (Lipinski definition) is 3. The minimum absolute atomic E-state index is 0.208. The summed E-state index contributed by atoms with van der Waals surface area (Å²) in [6.07, 6.45) is -4.64. The monoisotopic (exact) mass is 328 g/mol. The van der Waals surface area contributed by atoms with Gasteiger partial charge in [0, 0.05) is 10.9 Å². The number of alkyl halides is 4. The topological polar surface area (TPSA) is 27.7 Å². The summed E-state index contributed by atoms with van der Waals surface area (Å²) in [5.74, 6) is 0.890. The fraction of sp³-hybridized carbons (Fsp3) is 0.455. The molecule has 0 bridgehead atoms. The van der Waals surface area contributed by atoms with Crippen molar-refractivity contribution >= 4 is 15.9 Å². The maximum atomic E-state index is 11.8. The summed E-state index contributed by atoms with van der Waals surface area (Å²) in [6.45, 7) is -0.775. The van der Waals surface area contributed by atoms with Crippen molar-refractivity contribution < 1.29 is 27.4 Å². The summed E-state index contributed by atoms with van der Waals surface area (Å²) in [7, 11) is 1.46. The second kappa shape index (κ2) is 6.84. The molecule has 0 aliphatic heterocycles. The molecule has 0 amide bonds. The highest BCUT2D eigenvalue weighted by Gasteiger charge is 2.28. The first-order valence-electron chi connectivity index (χ1n) is 5.03. The Morgan fingerprint density at radius 1 is 1.22 bits per heavy atom. The third kappa shape index (κ3) is 4.73. The lowest BCUT2D eigenvalue weighted by Gasteiger charge is -2.14. The molecular formula is C11H12BrF3O3. The highest BCUT2D eigenvalue weighted by Crippen LogP contribution is 2.32. The van der Waals surface area contributed by atoms with Gasteiger partial charge in [-0.1, -0.05) is 28.1 Å². The molecule has 0 unspecified atom stereocenters. The Kier molecular flexibility index (Phi) is 5.74. The molecule has 1 aromatic rings. The van der Waals surface area contributed by atoms with E-state index in [1.165, 1.54) is 7.11 Å². The van der Waals surface area contributed by atoms with Gasteiger partial charge in [-0.15, -0.1) is 13.2 Å². The average Bonchev–Trinajstić information content (AvgIpc) is 2.33. The van der Waals surface area contributed by atoms with E-state index in [1.54, 1.807) is 18.2 Å². The smallest absolute Gasteiger partial charge is 0.493 e. The predicted molar refractivity (Wildman–Crippen MR) is 63.1 cm³/mol. The van der Waals surface area contributed by atoms with Crippen molar-refractivity contribution in [2.75, 3.05) is 20.3 Å². The Morgan fingerprint density at radius 2 is 1.94 bits per heavy atom. The number of methoxy groups -OCH3 is 1. The van der Waals surface area contributed by atoms with Gasteiger partial charge >= 0.3 is 6.36 Å². The van der Waals surface area contributed by atoms with E-state index < -0.39 is 13.0 Å². The van der Waals surface area contributed by atoms with Crippen LogP contribution in [0.15, 0.2) is 18.2 Å². The minimum Gasteiger partial charge on any atom is -0.493 e. The van der Waals surface area contributed by atoms with Crippen LogP contribution >= 0.6 is 15.9 Å². The van der Waals surface area contributed by atoms with Crippen molar-refractivity contribution in [2.24, 2.45) is 0 Å². The first kappa shape index (κ1) is 15.1. The molecule has 0 fully saturated rings. The molecule has 0 spiro atoms. The molecule has 0 heterocycles. The predicted octanol–water partition coefficient (Wildman–Crippen LogP) is 3.51. The van der Waals surface area contributed by atoms with Crippen LogP contribution < -0.4 is 9.47 Å². The number of para-hydroxylation sites is 1. The van der Waals surface area contributed by atoms with Gasteiger partial charge in [0.1, 0.15) is 6.61 Å². The van der Waals surface area contributed by atoms with E-state index >= 15 is 0 Å². The van der Waals surface area contributed by atoms with Crippen molar-refractivity contribution in [3.8, 4) is 11.5 Å². The number of halogens is 4. The van der Waals surface area contributed by atoms with E-state index in [0.717, 1.165) is 5.56 Å². The largest absolute Gasteiger partial charge is 0.522 e. The molecule has 0 saturated heterocycles. The van der Waals surface area contributed by atoms with Crippen molar-refractivity contribution in [1.82, 2.24) is 0 Å². The Labute approximate surface area is 111 Å². The Bertz CT molecular complexity index is 360. The quantitative estimate of drug-likeness (QED) is 0.591. The van der Waals surface area contributed by atoms with Gasteiger partial charge in [0.25, 0.3) is 0 Å². The highest BCUT2D eigenvalue weighted by atomic mass is 79.9. The van der Waals surface area contributed by atoms with E-state index in [-0.39, 0.29) is 6.61 Å². The number of rotatable bonds is 6. The zero-order valence-corrected chi connectivity index (χ0v) is 11.2. The van der Waals surface area contributed by atoms with Crippen molar-refractivity contribution in [3.05, 3.63) is 23.8 Å². The van der Waals surface area contributed by atoms with Gasteiger partial charge in [0.2, 0.25) is 0 Å². The summed E-state index contributed by atoms with van der Waals surface area (Å²) in [4.78, 5) is 0. The van der Waals surface area contributed by atoms with Gasteiger partial charge in [-0.25, -0.2) is 0 Å². The molecule has 7 heteroatoms. The number of hydrogen-bond donors (Lipinski definition) is 0. The third-order valence-corrected chi connectivity index (χ3v) is 2.62. The van der Waals surface area contributed by atoms with Crippen LogP contribution in [-0.4, -0.2) is 26.7 Å². The third-order valence-electron chi connectivity index (χ3n) is 2.02. The molecule has 0 aromatic heterocycles. The molecule has 102 valence electrons. The van der Waals surface area contributed by atoms with Gasteiger partial charge in [-0.2, -0.15) is 0 Å². The lowest BCUT2D eigenvalue weighted by molar-refractivity contribution is -0.325. The van der Waals surface area contributed by atoms with E-state index in [2.05, 4.69) is 20.7 Å². The molecular weight excluding hydrogens is 317 g/mol. The van der Waals surface area contributed by atoms with Gasteiger partial charge in [0.15, 0.2) is 11.5 Å². The van der Waals surface area contributed by atoms with Crippen molar-refractivity contribution in [1.29, 1.82) is 0 Å². The van der Waals surface area contributed by atoms with E-state index in [9.17, 15) is 13.2 Å². The van der Waals surface area contributed by atoms with Gasteiger partial charge < -0.3 is 9.47 Å². The van der Waals surface area contributed by atoms with Crippen LogP contribution in [0.3, 0.4) is 0 Å². The zero-order chi connectivity index (χ0) is 13.6. The van der Waals surface area contributed by atoms with Crippen LogP contribution in [0, 0.1) is 0 Å². The van der Waals surface area contributed by atoms with Crippen LogP contribution in [0.1, 0.15) is 5.56 Å². The standard InChI is InChI=1S/C11H12BrF3O3/c1-16-9-4-2-3-8(7-12)10(9)17-5-6-18-11(13,14)15/h2-4H,5-7H2,1H3. The molecule has 18 heavy (non-hydrogen) atoms. The summed E-state index contributed by atoms with van der Waals surface area (Å²) >= 11 is 3.27. The van der Waals surface area contributed by atoms with Gasteiger partial charge in [-0.05, 0) is 6.07 Å². The fourth-order valence-electron chi connectivity index (χ4n) is 1.29. The van der Waals surface area contributed by atoms with E-state index in [0.29, 0.717) is 16.8 Å². The summed E-state index contributed by atoms with van der Waals surface area (Å²) in [6, 6.07) is 5.23. The summed E-state index contributed by atoms with van der Waals surface area (Å²) < 4.78 is 49.3. The van der Waals surface area contributed by atoms with Crippen molar-refractivity contribution in [2.45, 2.75) is 11.7 Å². The maximum Gasteiger partial charge on any atom is 0.522 e. The molecule has 0 radical (unpaired) electrons. The van der Waals surface area contributed by atoms with Crippen molar-refractivity contribution in [3.63, 3.8) is 0 Å². The molecule has 3 nitrogen and oxygen atoms in total. The van der Waals surface area contributed by atoms with Crippen LogP contribution in [0.4, 0.5) is 13.2 Å². The average molecular weight is 329 g/mol. The lowest BCUT2D eigenvalue weighted by Crippen LogP contribution is -2.18. The second-order valence-corrected chi connectivity index (χ2v) is 3.79. The first-order chi connectivity index (χ1) is 8.48. The van der Waals surface area contributed by atoms with E-state index in [4.69, 9.17) is 9.47 Å². The fourth-order valence-corrected chi connectivity index (χ4v) is 1.73. The summed E-state index contributed by atoms with van der Waals surface area (Å²) in [5.41, 5.74) is 0.793. The number of ether oxygens (including phenoxy) is 3. The van der Waals surface area contributed by atoms with E-state index in [1.807, 2.05) is 0 Å². The Balaban J connectivity index is 2.60. The Hall–Kier alpha value is -0.950. The number of benzene rings is 1. The molecule has 0 aliphatic rings. The maximum absolute atomic E-state index is 11.8. The SMILES string of the molecule is COc1cccc(CBr)c1OCCOC(F)(F)F. The summed E-state index contributed by atoms with van der Waals surface area (Å²) in [5, 5.41) is 0.514.